The minimum atomic E-state index is -0.140. The van der Waals surface area contributed by atoms with Crippen LogP contribution in [-0.4, -0.2) is 46.2 Å². The molecule has 3 rings (SSSR count). The Morgan fingerprint density at radius 1 is 1.40 bits per heavy atom. The molecule has 1 saturated heterocycles. The van der Waals surface area contributed by atoms with Gasteiger partial charge in [0, 0.05) is 37.1 Å². The van der Waals surface area contributed by atoms with E-state index in [-0.39, 0.29) is 17.5 Å². The molecule has 1 fully saturated rings. The highest BCUT2D eigenvalue weighted by atomic mass is 32.2. The number of pyridine rings is 1. The Balaban J connectivity index is 1.61. The largest absolute Gasteiger partial charge is 0.349 e. The number of piperidine rings is 1. The molecule has 0 spiro atoms. The zero-order chi connectivity index (χ0) is 17.8. The summed E-state index contributed by atoms with van der Waals surface area (Å²) in [5, 5.41) is 3.83. The summed E-state index contributed by atoms with van der Waals surface area (Å²) in [4.78, 5) is 37.5. The lowest BCUT2D eigenvalue weighted by atomic mass is 10.0. The summed E-state index contributed by atoms with van der Waals surface area (Å²) in [5.41, 5.74) is 1.18. The zero-order valence-corrected chi connectivity index (χ0v) is 15.1. The number of H-pyrrole nitrogens is 1. The van der Waals surface area contributed by atoms with Crippen LogP contribution in [0.4, 0.5) is 5.95 Å². The third kappa shape index (κ3) is 4.19. The summed E-state index contributed by atoms with van der Waals surface area (Å²) in [6.07, 6.45) is 5.21. The summed E-state index contributed by atoms with van der Waals surface area (Å²) < 4.78 is 0. The fourth-order valence-corrected chi connectivity index (χ4v) is 3.49. The van der Waals surface area contributed by atoms with Crippen LogP contribution in [0.1, 0.15) is 28.9 Å². The highest BCUT2D eigenvalue weighted by Gasteiger charge is 2.23. The van der Waals surface area contributed by atoms with Gasteiger partial charge >= 0.3 is 0 Å². The molecule has 2 N–H and O–H groups in total. The average molecular weight is 359 g/mol. The number of rotatable bonds is 4. The van der Waals surface area contributed by atoms with E-state index < -0.39 is 0 Å². The normalized spacial score (nSPS) is 15.2. The Kier molecular flexibility index (Phi) is 5.37. The first-order valence-electron chi connectivity index (χ1n) is 8.19. The van der Waals surface area contributed by atoms with E-state index in [1.807, 2.05) is 13.2 Å². The molecule has 2 aromatic rings. The summed E-state index contributed by atoms with van der Waals surface area (Å²) in [6, 6.07) is 5.16. The molecule has 8 heteroatoms. The Morgan fingerprint density at radius 3 is 2.84 bits per heavy atom. The van der Waals surface area contributed by atoms with E-state index in [4.69, 9.17) is 0 Å². The molecule has 0 saturated carbocycles. The second kappa shape index (κ2) is 7.69. The zero-order valence-electron chi connectivity index (χ0n) is 14.3. The predicted molar refractivity (Wildman–Crippen MR) is 98.3 cm³/mol. The average Bonchev–Trinajstić information content (AvgIpc) is 2.61. The minimum absolute atomic E-state index is 0.0852. The molecule has 0 aliphatic carbocycles. The number of aromatic amines is 1. The van der Waals surface area contributed by atoms with E-state index in [0.29, 0.717) is 17.2 Å². The second-order valence-corrected chi connectivity index (χ2v) is 6.80. The first-order chi connectivity index (χ1) is 12.1. The lowest BCUT2D eigenvalue weighted by molar-refractivity contribution is 0.0927. The van der Waals surface area contributed by atoms with Crippen molar-refractivity contribution in [1.82, 2.24) is 20.3 Å². The Morgan fingerprint density at radius 2 is 2.16 bits per heavy atom. The number of aryl methyl sites for hydroxylation is 1. The predicted octanol–water partition coefficient (Wildman–Crippen LogP) is 1.59. The molecule has 0 bridgehead atoms. The number of hydrogen-bond acceptors (Lipinski definition) is 6. The van der Waals surface area contributed by atoms with Crippen molar-refractivity contribution in [2.75, 3.05) is 24.2 Å². The van der Waals surface area contributed by atoms with Gasteiger partial charge in [0.15, 0.2) is 0 Å². The third-order valence-electron chi connectivity index (χ3n) is 4.20. The van der Waals surface area contributed by atoms with Crippen molar-refractivity contribution in [2.45, 2.75) is 30.8 Å². The maximum absolute atomic E-state index is 12.5. The van der Waals surface area contributed by atoms with Crippen LogP contribution in [0.3, 0.4) is 0 Å². The van der Waals surface area contributed by atoms with Gasteiger partial charge in [-0.2, -0.15) is 0 Å². The van der Waals surface area contributed by atoms with Crippen LogP contribution in [0.25, 0.3) is 0 Å². The Bertz CT molecular complexity index is 815. The quantitative estimate of drug-likeness (QED) is 0.806. The number of thioether (sulfide) groups is 1. The van der Waals surface area contributed by atoms with Gasteiger partial charge in [0.25, 0.3) is 11.5 Å². The first kappa shape index (κ1) is 17.5. The maximum Gasteiger partial charge on any atom is 0.254 e. The van der Waals surface area contributed by atoms with Gasteiger partial charge in [-0.15, -0.1) is 11.8 Å². The highest BCUT2D eigenvalue weighted by Crippen LogP contribution is 2.19. The summed E-state index contributed by atoms with van der Waals surface area (Å²) in [6.45, 7) is 3.28. The van der Waals surface area contributed by atoms with Gasteiger partial charge in [-0.05, 0) is 38.2 Å². The van der Waals surface area contributed by atoms with Crippen LogP contribution in [-0.2, 0) is 0 Å². The molecular weight excluding hydrogens is 338 g/mol. The molecule has 132 valence electrons. The molecule has 1 aliphatic rings. The lowest BCUT2D eigenvalue weighted by Crippen LogP contribution is -2.45. The van der Waals surface area contributed by atoms with E-state index in [2.05, 4.69) is 25.2 Å². The number of nitrogens with one attached hydrogen (secondary N) is 2. The van der Waals surface area contributed by atoms with Gasteiger partial charge in [0.2, 0.25) is 5.95 Å². The van der Waals surface area contributed by atoms with Gasteiger partial charge in [0.1, 0.15) is 5.03 Å². The number of amides is 1. The fraction of sp³-hybridized carbons (Fsp3) is 0.412. The van der Waals surface area contributed by atoms with Crippen LogP contribution >= 0.6 is 11.8 Å². The molecule has 0 radical (unpaired) electrons. The van der Waals surface area contributed by atoms with E-state index in [0.717, 1.165) is 31.0 Å². The van der Waals surface area contributed by atoms with Crippen LogP contribution < -0.4 is 15.8 Å². The van der Waals surface area contributed by atoms with E-state index in [1.165, 1.54) is 17.8 Å². The van der Waals surface area contributed by atoms with Crippen molar-refractivity contribution in [3.05, 3.63) is 46.0 Å². The summed E-state index contributed by atoms with van der Waals surface area (Å²) in [5.74, 6) is 0.518. The number of carbonyl (C=O) groups excluding carboxylic acids is 1. The molecule has 0 unspecified atom stereocenters. The number of aromatic nitrogens is 3. The molecular formula is C17H21N5O2S. The first-order valence-corrected chi connectivity index (χ1v) is 9.42. The van der Waals surface area contributed by atoms with Gasteiger partial charge in [-0.25, -0.2) is 9.97 Å². The van der Waals surface area contributed by atoms with Crippen LogP contribution in [0.15, 0.2) is 34.2 Å². The topological polar surface area (TPSA) is 91.0 Å². The number of carbonyl (C=O) groups is 1. The number of hydrogen-bond donors (Lipinski definition) is 2. The molecule has 1 aliphatic heterocycles. The smallest absolute Gasteiger partial charge is 0.254 e. The summed E-state index contributed by atoms with van der Waals surface area (Å²) in [7, 11) is 0. The fourth-order valence-electron chi connectivity index (χ4n) is 2.94. The van der Waals surface area contributed by atoms with Crippen LogP contribution in [0, 0.1) is 6.92 Å². The van der Waals surface area contributed by atoms with Crippen LogP contribution in [0.2, 0.25) is 0 Å². The molecule has 7 nitrogen and oxygen atoms in total. The molecule has 2 aromatic heterocycles. The molecule has 0 atom stereocenters. The van der Waals surface area contributed by atoms with Gasteiger partial charge < -0.3 is 10.2 Å². The number of anilines is 1. The third-order valence-corrected chi connectivity index (χ3v) is 4.91. The van der Waals surface area contributed by atoms with E-state index >= 15 is 0 Å². The van der Waals surface area contributed by atoms with Gasteiger partial charge in [-0.3, -0.25) is 14.6 Å². The van der Waals surface area contributed by atoms with Crippen molar-refractivity contribution in [2.24, 2.45) is 0 Å². The number of nitrogens with zero attached hydrogens (tertiary/aromatic N) is 3. The van der Waals surface area contributed by atoms with Crippen molar-refractivity contribution >= 4 is 23.6 Å². The molecule has 0 aromatic carbocycles. The van der Waals surface area contributed by atoms with Crippen molar-refractivity contribution in [3.8, 4) is 0 Å². The highest BCUT2D eigenvalue weighted by molar-refractivity contribution is 7.98. The monoisotopic (exact) mass is 359 g/mol. The van der Waals surface area contributed by atoms with E-state index in [9.17, 15) is 9.59 Å². The van der Waals surface area contributed by atoms with Crippen molar-refractivity contribution in [3.63, 3.8) is 0 Å². The SMILES string of the molecule is CSc1ncccc1C(=O)NC1CCN(c2nc(C)cc(=O)[nH]2)CC1. The Hall–Kier alpha value is -2.35. The standard InChI is InChI=1S/C17H21N5O2S/c1-11-10-14(23)21-17(19-11)22-8-5-12(6-9-22)20-15(24)13-4-3-7-18-16(13)25-2/h3-4,7,10,12H,5-6,8-9H2,1-2H3,(H,20,24)(H,19,21,23). The van der Waals surface area contributed by atoms with Gasteiger partial charge in [0.05, 0.1) is 5.56 Å². The maximum atomic E-state index is 12.5. The van der Waals surface area contributed by atoms with Gasteiger partial charge in [-0.1, -0.05) is 0 Å². The van der Waals surface area contributed by atoms with Crippen molar-refractivity contribution < 1.29 is 4.79 Å². The van der Waals surface area contributed by atoms with E-state index in [1.54, 1.807) is 18.3 Å². The lowest BCUT2D eigenvalue weighted by Gasteiger charge is -2.32. The molecule has 25 heavy (non-hydrogen) atoms. The van der Waals surface area contributed by atoms with Crippen LogP contribution in [0.5, 0.6) is 0 Å². The minimum Gasteiger partial charge on any atom is -0.349 e. The molecule has 3 heterocycles. The Labute approximate surface area is 150 Å². The molecule has 1 amide bonds. The van der Waals surface area contributed by atoms with Crippen molar-refractivity contribution in [1.29, 1.82) is 0 Å². The second-order valence-electron chi connectivity index (χ2n) is 6.01. The summed E-state index contributed by atoms with van der Waals surface area (Å²) >= 11 is 1.46.